The molecule has 0 aromatic heterocycles. The quantitative estimate of drug-likeness (QED) is 0.523. The summed E-state index contributed by atoms with van der Waals surface area (Å²) in [5, 5.41) is 0.968. The van der Waals surface area contributed by atoms with Crippen molar-refractivity contribution in [3.8, 4) is 11.5 Å². The number of halogens is 3. The average Bonchev–Trinajstić information content (AvgIpc) is 2.37. The van der Waals surface area contributed by atoms with E-state index in [2.05, 4.69) is 54.7 Å². The Morgan fingerprint density at radius 3 is 2.33 bits per heavy atom. The topological polar surface area (TPSA) is 18.5 Å². The van der Waals surface area contributed by atoms with E-state index < -0.39 is 0 Å². The summed E-state index contributed by atoms with van der Waals surface area (Å²) in [5.74, 6) is 2.17. The van der Waals surface area contributed by atoms with Gasteiger partial charge < -0.3 is 9.47 Å². The van der Waals surface area contributed by atoms with Crippen LogP contribution in [-0.4, -0.2) is 19.0 Å². The van der Waals surface area contributed by atoms with Crippen molar-refractivity contribution in [2.24, 2.45) is 5.92 Å². The third-order valence-corrected chi connectivity index (χ3v) is 4.75. The van der Waals surface area contributed by atoms with Gasteiger partial charge in [0.2, 0.25) is 0 Å². The Hall–Kier alpha value is 0.260. The minimum absolute atomic E-state index is 0.544. The van der Waals surface area contributed by atoms with Crippen molar-refractivity contribution in [3.63, 3.8) is 0 Å². The van der Waals surface area contributed by atoms with Crippen molar-refractivity contribution in [1.82, 2.24) is 0 Å². The predicted molar refractivity (Wildman–Crippen MR) is 86.1 cm³/mol. The average molecular weight is 445 g/mol. The smallest absolute Gasteiger partial charge is 0.134 e. The Morgan fingerprint density at radius 1 is 1.17 bits per heavy atom. The van der Waals surface area contributed by atoms with Gasteiger partial charge in [0, 0.05) is 11.2 Å². The fraction of sp³-hybridized carbons (Fsp3) is 0.538. The first kappa shape index (κ1) is 16.3. The summed E-state index contributed by atoms with van der Waals surface area (Å²) in [6.07, 6.45) is 2.34. The van der Waals surface area contributed by atoms with Gasteiger partial charge >= 0.3 is 0 Å². The molecule has 0 heterocycles. The summed E-state index contributed by atoms with van der Waals surface area (Å²) >= 11 is 10.5. The Kier molecular flexibility index (Phi) is 7.64. The molecule has 0 radical (unpaired) electrons. The number of hydrogen-bond acceptors (Lipinski definition) is 2. The highest BCUT2D eigenvalue weighted by atomic mass is 79.9. The largest absolute Gasteiger partial charge is 0.496 e. The van der Waals surface area contributed by atoms with E-state index in [0.717, 1.165) is 32.4 Å². The van der Waals surface area contributed by atoms with Crippen LogP contribution >= 0.6 is 47.8 Å². The summed E-state index contributed by atoms with van der Waals surface area (Å²) in [6.45, 7) is 2.91. The molecule has 1 unspecified atom stereocenters. The fourth-order valence-corrected chi connectivity index (χ4v) is 3.03. The van der Waals surface area contributed by atoms with Gasteiger partial charge in [-0.25, -0.2) is 0 Å². The molecule has 0 amide bonds. The minimum atomic E-state index is 0.544. The lowest BCUT2D eigenvalue weighted by molar-refractivity contribution is 0.253. The van der Waals surface area contributed by atoms with Crippen LogP contribution in [0.25, 0.3) is 0 Å². The summed E-state index contributed by atoms with van der Waals surface area (Å²) in [5.41, 5.74) is 0. The molecule has 0 aliphatic carbocycles. The summed E-state index contributed by atoms with van der Waals surface area (Å²) < 4.78 is 12.9. The standard InChI is InChI=1S/C13H17Br3O2/c1-3-4-9(7-14)8-18-13-6-10(15)12(17-2)5-11(13)16/h5-6,9H,3-4,7-8H2,1-2H3. The Morgan fingerprint density at radius 2 is 1.78 bits per heavy atom. The molecular weight excluding hydrogens is 428 g/mol. The Labute approximate surface area is 134 Å². The zero-order valence-corrected chi connectivity index (χ0v) is 15.3. The van der Waals surface area contributed by atoms with E-state index in [9.17, 15) is 0 Å². The van der Waals surface area contributed by atoms with E-state index in [0.29, 0.717) is 5.92 Å². The molecular formula is C13H17Br3O2. The van der Waals surface area contributed by atoms with E-state index in [1.54, 1.807) is 7.11 Å². The second-order valence-corrected chi connectivity index (χ2v) is 6.39. The van der Waals surface area contributed by atoms with Gasteiger partial charge in [-0.1, -0.05) is 29.3 Å². The first-order valence-corrected chi connectivity index (χ1v) is 8.54. The van der Waals surface area contributed by atoms with E-state index in [4.69, 9.17) is 9.47 Å². The highest BCUT2D eigenvalue weighted by Crippen LogP contribution is 2.36. The van der Waals surface area contributed by atoms with Crippen molar-refractivity contribution in [1.29, 1.82) is 0 Å². The predicted octanol–water partition coefficient (Wildman–Crippen LogP) is 5.41. The van der Waals surface area contributed by atoms with Gasteiger partial charge in [0.05, 0.1) is 22.7 Å². The third-order valence-electron chi connectivity index (χ3n) is 2.60. The lowest BCUT2D eigenvalue weighted by Gasteiger charge is -2.16. The van der Waals surface area contributed by atoms with Crippen LogP contribution < -0.4 is 9.47 Å². The van der Waals surface area contributed by atoms with Crippen LogP contribution in [0.4, 0.5) is 0 Å². The zero-order chi connectivity index (χ0) is 13.5. The first-order chi connectivity index (χ1) is 8.62. The number of rotatable bonds is 7. The summed E-state index contributed by atoms with van der Waals surface area (Å²) in [6, 6.07) is 3.84. The highest BCUT2D eigenvalue weighted by Gasteiger charge is 2.11. The molecule has 0 bridgehead atoms. The molecule has 2 nitrogen and oxygen atoms in total. The molecule has 102 valence electrons. The lowest BCUT2D eigenvalue weighted by Crippen LogP contribution is -2.13. The molecule has 0 aliphatic rings. The van der Waals surface area contributed by atoms with Crippen LogP contribution in [0, 0.1) is 5.92 Å². The van der Waals surface area contributed by atoms with E-state index in [-0.39, 0.29) is 0 Å². The van der Waals surface area contributed by atoms with Crippen LogP contribution in [0.3, 0.4) is 0 Å². The van der Waals surface area contributed by atoms with Gasteiger partial charge in [-0.2, -0.15) is 0 Å². The van der Waals surface area contributed by atoms with Gasteiger partial charge in [-0.05, 0) is 50.4 Å². The van der Waals surface area contributed by atoms with Crippen LogP contribution in [0.5, 0.6) is 11.5 Å². The molecule has 1 atom stereocenters. The van der Waals surface area contributed by atoms with Gasteiger partial charge in [-0.15, -0.1) is 0 Å². The normalized spacial score (nSPS) is 12.3. The molecule has 0 fully saturated rings. The number of hydrogen-bond donors (Lipinski definition) is 0. The maximum Gasteiger partial charge on any atom is 0.134 e. The first-order valence-electron chi connectivity index (χ1n) is 5.84. The molecule has 0 N–H and O–H groups in total. The number of methoxy groups -OCH3 is 1. The third kappa shape index (κ3) is 4.74. The van der Waals surface area contributed by atoms with Crippen LogP contribution in [0.15, 0.2) is 21.1 Å². The fourth-order valence-electron chi connectivity index (χ4n) is 1.60. The zero-order valence-electron chi connectivity index (χ0n) is 10.5. The van der Waals surface area contributed by atoms with Crippen LogP contribution in [-0.2, 0) is 0 Å². The van der Waals surface area contributed by atoms with E-state index in [1.165, 1.54) is 12.8 Å². The second-order valence-electron chi connectivity index (χ2n) is 4.04. The van der Waals surface area contributed by atoms with E-state index in [1.807, 2.05) is 12.1 Å². The van der Waals surface area contributed by atoms with Crippen molar-refractivity contribution in [2.45, 2.75) is 19.8 Å². The number of ether oxygens (including phenoxy) is 2. The molecule has 5 heteroatoms. The maximum absolute atomic E-state index is 5.86. The molecule has 0 spiro atoms. The Balaban J connectivity index is 2.70. The highest BCUT2D eigenvalue weighted by molar-refractivity contribution is 9.11. The molecule has 0 saturated heterocycles. The SMILES string of the molecule is CCCC(CBr)COc1cc(Br)c(OC)cc1Br. The van der Waals surface area contributed by atoms with Crippen molar-refractivity contribution < 1.29 is 9.47 Å². The van der Waals surface area contributed by atoms with Gasteiger partial charge in [0.1, 0.15) is 11.5 Å². The molecule has 0 aliphatic heterocycles. The van der Waals surface area contributed by atoms with Crippen molar-refractivity contribution >= 4 is 47.8 Å². The molecule has 1 rings (SSSR count). The minimum Gasteiger partial charge on any atom is -0.496 e. The summed E-state index contributed by atoms with van der Waals surface area (Å²) in [7, 11) is 1.65. The van der Waals surface area contributed by atoms with Crippen LogP contribution in [0.1, 0.15) is 19.8 Å². The Bertz CT molecular complexity index is 383. The monoisotopic (exact) mass is 442 g/mol. The van der Waals surface area contributed by atoms with Crippen molar-refractivity contribution in [3.05, 3.63) is 21.1 Å². The number of benzene rings is 1. The van der Waals surface area contributed by atoms with Gasteiger partial charge in [0.15, 0.2) is 0 Å². The van der Waals surface area contributed by atoms with Gasteiger partial charge in [-0.3, -0.25) is 0 Å². The molecule has 1 aromatic rings. The number of alkyl halides is 1. The molecule has 18 heavy (non-hydrogen) atoms. The summed E-state index contributed by atoms with van der Waals surface area (Å²) in [4.78, 5) is 0. The van der Waals surface area contributed by atoms with Gasteiger partial charge in [0.25, 0.3) is 0 Å². The van der Waals surface area contributed by atoms with Crippen LogP contribution in [0.2, 0.25) is 0 Å². The lowest BCUT2D eigenvalue weighted by atomic mass is 10.1. The van der Waals surface area contributed by atoms with E-state index >= 15 is 0 Å². The molecule has 1 aromatic carbocycles. The van der Waals surface area contributed by atoms with Crippen molar-refractivity contribution in [2.75, 3.05) is 19.0 Å². The maximum atomic E-state index is 5.86. The molecule has 0 saturated carbocycles. The second kappa shape index (κ2) is 8.43.